The highest BCUT2D eigenvalue weighted by Crippen LogP contribution is 2.25. The van der Waals surface area contributed by atoms with Crippen molar-refractivity contribution in [3.8, 4) is 0 Å². The molecule has 0 bridgehead atoms. The third-order valence-electron chi connectivity index (χ3n) is 2.67. The van der Waals surface area contributed by atoms with Gasteiger partial charge in [0, 0.05) is 18.3 Å². The van der Waals surface area contributed by atoms with E-state index in [4.69, 9.17) is 0 Å². The van der Waals surface area contributed by atoms with Gasteiger partial charge in [-0.3, -0.25) is 0 Å². The molecule has 1 aliphatic rings. The van der Waals surface area contributed by atoms with E-state index in [1.807, 2.05) is 21.1 Å². The molecule has 0 atom stereocenters. The summed E-state index contributed by atoms with van der Waals surface area (Å²) >= 11 is 0. The summed E-state index contributed by atoms with van der Waals surface area (Å²) in [4.78, 5) is 11.2. The van der Waals surface area contributed by atoms with Crippen LogP contribution in [0.1, 0.15) is 23.5 Å². The van der Waals surface area contributed by atoms with Crippen LogP contribution in [0.5, 0.6) is 0 Å². The fourth-order valence-corrected chi connectivity index (χ4v) is 2.04. The molecule has 1 N–H and O–H groups in total. The lowest BCUT2D eigenvalue weighted by molar-refractivity contribution is 0.390. The van der Waals surface area contributed by atoms with Gasteiger partial charge in [-0.1, -0.05) is 0 Å². The molecule has 0 aromatic carbocycles. The Morgan fingerprint density at radius 3 is 2.73 bits per heavy atom. The molecule has 82 valence electrons. The minimum atomic E-state index is 0.808. The monoisotopic (exact) mass is 206 g/mol. The molecule has 1 aromatic heterocycles. The maximum absolute atomic E-state index is 4.61. The van der Waals surface area contributed by atoms with Crippen molar-refractivity contribution in [2.24, 2.45) is 0 Å². The Bertz CT molecular complexity index is 360. The van der Waals surface area contributed by atoms with Crippen molar-refractivity contribution in [1.29, 1.82) is 0 Å². The van der Waals surface area contributed by atoms with Crippen molar-refractivity contribution in [3.63, 3.8) is 0 Å². The first-order valence-electron chi connectivity index (χ1n) is 5.42. The molecule has 0 amide bonds. The summed E-state index contributed by atoms with van der Waals surface area (Å²) in [6, 6.07) is 0. The zero-order valence-electron chi connectivity index (χ0n) is 9.67. The number of nitrogens with zero attached hydrogens (tertiary/aromatic N) is 3. The predicted molar refractivity (Wildman–Crippen MR) is 61.0 cm³/mol. The lowest BCUT2D eigenvalue weighted by Crippen LogP contribution is -2.15. The highest BCUT2D eigenvalue weighted by molar-refractivity contribution is 5.48. The van der Waals surface area contributed by atoms with Gasteiger partial charge in [-0.25, -0.2) is 9.97 Å². The maximum Gasteiger partial charge on any atom is 0.144 e. The predicted octanol–water partition coefficient (Wildman–Crippen LogP) is 1.07. The van der Waals surface area contributed by atoms with E-state index in [1.165, 1.54) is 17.7 Å². The van der Waals surface area contributed by atoms with Gasteiger partial charge in [-0.05, 0) is 33.4 Å². The highest BCUT2D eigenvalue weighted by Gasteiger charge is 2.18. The molecule has 0 saturated heterocycles. The minimum absolute atomic E-state index is 0.808. The number of anilines is 1. The van der Waals surface area contributed by atoms with Gasteiger partial charge >= 0.3 is 0 Å². The van der Waals surface area contributed by atoms with Gasteiger partial charge in [0.15, 0.2) is 0 Å². The Hall–Kier alpha value is -1.16. The third kappa shape index (κ3) is 2.09. The normalized spacial score (nSPS) is 14.4. The lowest BCUT2D eigenvalue weighted by atomic mass is 10.2. The van der Waals surface area contributed by atoms with Gasteiger partial charge < -0.3 is 10.2 Å². The van der Waals surface area contributed by atoms with Crippen LogP contribution in [0.4, 0.5) is 5.82 Å². The van der Waals surface area contributed by atoms with Crippen LogP contribution in [0.25, 0.3) is 0 Å². The number of nitrogens with one attached hydrogen (secondary N) is 1. The van der Waals surface area contributed by atoms with Crippen molar-refractivity contribution in [1.82, 2.24) is 14.9 Å². The number of fused-ring (bicyclic) bond motifs is 1. The first kappa shape index (κ1) is 10.4. The molecule has 2 rings (SSSR count). The van der Waals surface area contributed by atoms with Crippen molar-refractivity contribution in [3.05, 3.63) is 17.1 Å². The quantitative estimate of drug-likeness (QED) is 0.803. The molecule has 4 nitrogen and oxygen atoms in total. The number of hydrogen-bond donors (Lipinski definition) is 1. The largest absolute Gasteiger partial charge is 0.373 e. The molecule has 0 aliphatic heterocycles. The molecule has 15 heavy (non-hydrogen) atoms. The summed E-state index contributed by atoms with van der Waals surface area (Å²) in [5.74, 6) is 1.94. The zero-order valence-corrected chi connectivity index (χ0v) is 9.67. The second-order valence-electron chi connectivity index (χ2n) is 4.26. The van der Waals surface area contributed by atoms with Gasteiger partial charge in [-0.15, -0.1) is 0 Å². The second kappa shape index (κ2) is 4.14. The van der Waals surface area contributed by atoms with Crippen molar-refractivity contribution >= 4 is 5.82 Å². The molecule has 0 radical (unpaired) electrons. The van der Waals surface area contributed by atoms with Gasteiger partial charge in [0.05, 0.1) is 6.54 Å². The molecule has 4 heteroatoms. The Kier molecular flexibility index (Phi) is 2.86. The minimum Gasteiger partial charge on any atom is -0.373 e. The summed E-state index contributed by atoms with van der Waals surface area (Å²) in [6.45, 7) is 0.808. The topological polar surface area (TPSA) is 41.1 Å². The maximum atomic E-state index is 4.61. The number of aryl methyl sites for hydroxylation is 1. The average molecular weight is 206 g/mol. The smallest absolute Gasteiger partial charge is 0.144 e. The number of rotatable bonds is 3. The van der Waals surface area contributed by atoms with E-state index in [9.17, 15) is 0 Å². The second-order valence-corrected chi connectivity index (χ2v) is 4.26. The summed E-state index contributed by atoms with van der Waals surface area (Å²) in [5, 5.41) is 3.17. The van der Waals surface area contributed by atoms with E-state index in [2.05, 4.69) is 20.2 Å². The first-order valence-corrected chi connectivity index (χ1v) is 5.42. The molecule has 0 unspecified atom stereocenters. The molecule has 0 saturated carbocycles. The summed E-state index contributed by atoms with van der Waals surface area (Å²) in [5.41, 5.74) is 2.56. The highest BCUT2D eigenvalue weighted by atomic mass is 15.1. The molecule has 0 fully saturated rings. The summed E-state index contributed by atoms with van der Waals surface area (Å²) in [7, 11) is 6.01. The molecule has 1 aromatic rings. The zero-order chi connectivity index (χ0) is 10.8. The average Bonchev–Trinajstić information content (AvgIpc) is 2.63. The number of hydrogen-bond acceptors (Lipinski definition) is 4. The Balaban J connectivity index is 2.34. The fourth-order valence-electron chi connectivity index (χ4n) is 2.04. The van der Waals surface area contributed by atoms with Crippen LogP contribution in [-0.2, 0) is 19.4 Å². The van der Waals surface area contributed by atoms with Crippen LogP contribution >= 0.6 is 0 Å². The Morgan fingerprint density at radius 2 is 2.07 bits per heavy atom. The van der Waals surface area contributed by atoms with Crippen molar-refractivity contribution in [2.75, 3.05) is 26.5 Å². The van der Waals surface area contributed by atoms with Crippen LogP contribution in [0, 0.1) is 0 Å². The molecule has 1 heterocycles. The SMILES string of the molecule is CNc1nc(CN(C)C)nc2c1CCC2. The van der Waals surface area contributed by atoms with Crippen LogP contribution in [0.15, 0.2) is 0 Å². The van der Waals surface area contributed by atoms with Crippen LogP contribution in [0.3, 0.4) is 0 Å². The Morgan fingerprint density at radius 1 is 1.27 bits per heavy atom. The lowest BCUT2D eigenvalue weighted by Gasteiger charge is -2.12. The van der Waals surface area contributed by atoms with Gasteiger partial charge in [0.1, 0.15) is 11.6 Å². The van der Waals surface area contributed by atoms with E-state index >= 15 is 0 Å². The summed E-state index contributed by atoms with van der Waals surface area (Å²) < 4.78 is 0. The van der Waals surface area contributed by atoms with E-state index in [0.29, 0.717) is 0 Å². The van der Waals surface area contributed by atoms with E-state index in [-0.39, 0.29) is 0 Å². The Labute approximate surface area is 90.7 Å². The van der Waals surface area contributed by atoms with E-state index in [0.717, 1.165) is 31.0 Å². The molecule has 0 spiro atoms. The summed E-state index contributed by atoms with van der Waals surface area (Å²) in [6.07, 6.45) is 3.44. The molecular weight excluding hydrogens is 188 g/mol. The van der Waals surface area contributed by atoms with Crippen LogP contribution < -0.4 is 5.32 Å². The first-order chi connectivity index (χ1) is 7.20. The van der Waals surface area contributed by atoms with E-state index < -0.39 is 0 Å². The van der Waals surface area contributed by atoms with E-state index in [1.54, 1.807) is 0 Å². The van der Waals surface area contributed by atoms with Crippen molar-refractivity contribution in [2.45, 2.75) is 25.8 Å². The van der Waals surface area contributed by atoms with Gasteiger partial charge in [-0.2, -0.15) is 0 Å². The van der Waals surface area contributed by atoms with Crippen molar-refractivity contribution < 1.29 is 0 Å². The van der Waals surface area contributed by atoms with Crippen LogP contribution in [0.2, 0.25) is 0 Å². The van der Waals surface area contributed by atoms with Crippen LogP contribution in [-0.4, -0.2) is 36.0 Å². The van der Waals surface area contributed by atoms with Gasteiger partial charge in [0.2, 0.25) is 0 Å². The number of aromatic nitrogens is 2. The standard InChI is InChI=1S/C11H18N4/c1-12-11-8-5-4-6-9(8)13-10(14-11)7-15(2)3/h4-7H2,1-3H3,(H,12,13,14). The fraction of sp³-hybridized carbons (Fsp3) is 0.636. The third-order valence-corrected chi connectivity index (χ3v) is 2.67. The molecular formula is C11H18N4. The van der Waals surface area contributed by atoms with Gasteiger partial charge in [0.25, 0.3) is 0 Å². The molecule has 1 aliphatic carbocycles.